The number of amides is 2. The average molecular weight is 373 g/mol. The minimum atomic E-state index is -0.468. The molecule has 8 heteroatoms. The van der Waals surface area contributed by atoms with Crippen LogP contribution < -0.4 is 10.6 Å². The Bertz CT molecular complexity index is 869. The number of benzene rings is 2. The van der Waals surface area contributed by atoms with Crippen molar-refractivity contribution in [2.24, 2.45) is 4.99 Å². The Labute approximate surface area is 155 Å². The first kappa shape index (κ1) is 17.8. The van der Waals surface area contributed by atoms with Gasteiger partial charge in [-0.3, -0.25) is 9.41 Å². The van der Waals surface area contributed by atoms with Gasteiger partial charge in [0.1, 0.15) is 5.84 Å². The van der Waals surface area contributed by atoms with Crippen molar-refractivity contribution in [1.82, 2.24) is 4.42 Å². The molecule has 1 aliphatic heterocycles. The summed E-state index contributed by atoms with van der Waals surface area (Å²) in [5.41, 5.74) is 2.26. The van der Waals surface area contributed by atoms with Crippen LogP contribution in [0, 0.1) is 0 Å². The van der Waals surface area contributed by atoms with Crippen molar-refractivity contribution in [1.29, 1.82) is 0 Å². The van der Waals surface area contributed by atoms with Crippen molar-refractivity contribution >= 4 is 41.0 Å². The number of halogens is 1. The highest BCUT2D eigenvalue weighted by molar-refractivity contribution is 6.26. The monoisotopic (exact) mass is 372 g/mol. The molecule has 0 unspecified atom stereocenters. The number of methoxy groups -OCH3 is 1. The molecule has 2 aromatic carbocycles. The number of carbonyl (C=O) groups excluding carboxylic acids is 2. The van der Waals surface area contributed by atoms with Crippen molar-refractivity contribution in [2.75, 3.05) is 30.8 Å². The van der Waals surface area contributed by atoms with E-state index in [1.807, 2.05) is 12.1 Å². The Hall–Kier alpha value is -3.06. The van der Waals surface area contributed by atoms with Gasteiger partial charge in [-0.1, -0.05) is 18.2 Å². The second-order valence-electron chi connectivity index (χ2n) is 5.52. The summed E-state index contributed by atoms with van der Waals surface area (Å²) in [5, 5.41) is 5.43. The number of hydrogen-bond donors (Lipinski definition) is 2. The van der Waals surface area contributed by atoms with Gasteiger partial charge in [0.2, 0.25) is 0 Å². The summed E-state index contributed by atoms with van der Waals surface area (Å²) in [6.45, 7) is 1.30. The molecular weight excluding hydrogens is 356 g/mol. The summed E-state index contributed by atoms with van der Waals surface area (Å²) in [6.07, 6.45) is 0. The van der Waals surface area contributed by atoms with E-state index in [9.17, 15) is 9.59 Å². The number of aliphatic imine (C=N–C) groups is 1. The van der Waals surface area contributed by atoms with E-state index >= 15 is 0 Å². The van der Waals surface area contributed by atoms with E-state index in [1.165, 1.54) is 7.11 Å². The molecule has 3 rings (SSSR count). The van der Waals surface area contributed by atoms with Crippen molar-refractivity contribution in [2.45, 2.75) is 0 Å². The minimum absolute atomic E-state index is 0.355. The molecule has 2 N–H and O–H groups in total. The number of nitrogens with one attached hydrogen (secondary N) is 2. The summed E-state index contributed by atoms with van der Waals surface area (Å²) in [4.78, 5) is 28.1. The number of rotatable bonds is 4. The SMILES string of the molecule is COC(=O)c1cccc(NC(=O)Nc2cccc(C3=NCCN3Cl)c2)c1. The summed E-state index contributed by atoms with van der Waals surface area (Å²) >= 11 is 6.10. The first-order valence-electron chi connectivity index (χ1n) is 7.91. The molecule has 0 saturated carbocycles. The van der Waals surface area contributed by atoms with Crippen LogP contribution in [-0.2, 0) is 4.74 Å². The van der Waals surface area contributed by atoms with Gasteiger partial charge < -0.3 is 15.4 Å². The van der Waals surface area contributed by atoms with Gasteiger partial charge in [-0.15, -0.1) is 0 Å². The minimum Gasteiger partial charge on any atom is -0.465 e. The van der Waals surface area contributed by atoms with Crippen LogP contribution in [0.15, 0.2) is 53.5 Å². The summed E-state index contributed by atoms with van der Waals surface area (Å²) in [5.74, 6) is 0.214. The number of anilines is 2. The molecule has 2 amide bonds. The van der Waals surface area contributed by atoms with Crippen molar-refractivity contribution in [3.8, 4) is 0 Å². The van der Waals surface area contributed by atoms with Gasteiger partial charge in [0.05, 0.1) is 25.8 Å². The van der Waals surface area contributed by atoms with Gasteiger partial charge >= 0.3 is 12.0 Å². The molecule has 0 radical (unpaired) electrons. The smallest absolute Gasteiger partial charge is 0.337 e. The van der Waals surface area contributed by atoms with Crippen LogP contribution >= 0.6 is 11.8 Å². The van der Waals surface area contributed by atoms with Gasteiger partial charge in [-0.2, -0.15) is 0 Å². The molecule has 0 saturated heterocycles. The van der Waals surface area contributed by atoms with E-state index in [1.54, 1.807) is 40.8 Å². The Morgan fingerprint density at radius 2 is 1.81 bits per heavy atom. The molecule has 0 spiro atoms. The first-order valence-corrected chi connectivity index (χ1v) is 8.25. The third-order valence-corrected chi connectivity index (χ3v) is 4.04. The number of esters is 1. The zero-order valence-electron chi connectivity index (χ0n) is 14.0. The third-order valence-electron chi connectivity index (χ3n) is 3.71. The molecule has 0 aromatic heterocycles. The van der Waals surface area contributed by atoms with Crippen LogP contribution in [0.4, 0.5) is 16.2 Å². The second-order valence-corrected chi connectivity index (χ2v) is 5.93. The van der Waals surface area contributed by atoms with E-state index in [-0.39, 0.29) is 0 Å². The lowest BCUT2D eigenvalue weighted by Crippen LogP contribution is -2.21. The van der Waals surface area contributed by atoms with E-state index in [2.05, 4.69) is 20.4 Å². The molecule has 0 bridgehead atoms. The lowest BCUT2D eigenvalue weighted by molar-refractivity contribution is 0.0600. The summed E-state index contributed by atoms with van der Waals surface area (Å²) < 4.78 is 6.22. The summed E-state index contributed by atoms with van der Waals surface area (Å²) in [7, 11) is 1.30. The fourth-order valence-electron chi connectivity index (χ4n) is 2.53. The van der Waals surface area contributed by atoms with Crippen LogP contribution in [0.2, 0.25) is 0 Å². The largest absolute Gasteiger partial charge is 0.465 e. The van der Waals surface area contributed by atoms with Crippen LogP contribution in [0.3, 0.4) is 0 Å². The molecule has 26 heavy (non-hydrogen) atoms. The average Bonchev–Trinajstić information content (AvgIpc) is 3.07. The van der Waals surface area contributed by atoms with E-state index in [0.29, 0.717) is 35.9 Å². The highest BCUT2D eigenvalue weighted by Gasteiger charge is 2.17. The van der Waals surface area contributed by atoms with E-state index in [4.69, 9.17) is 11.8 Å². The first-order chi connectivity index (χ1) is 12.6. The van der Waals surface area contributed by atoms with Gasteiger partial charge in [-0.25, -0.2) is 9.59 Å². The number of carbonyl (C=O) groups is 2. The predicted molar refractivity (Wildman–Crippen MR) is 101 cm³/mol. The molecule has 1 heterocycles. The predicted octanol–water partition coefficient (Wildman–Crippen LogP) is 3.33. The van der Waals surface area contributed by atoms with Crippen LogP contribution in [0.25, 0.3) is 0 Å². The molecule has 0 atom stereocenters. The molecule has 2 aromatic rings. The number of hydrogen-bond acceptors (Lipinski definition) is 5. The van der Waals surface area contributed by atoms with Gasteiger partial charge in [-0.05, 0) is 30.3 Å². The Balaban J connectivity index is 1.68. The normalized spacial score (nSPS) is 13.2. The van der Waals surface area contributed by atoms with Gasteiger partial charge in [0.25, 0.3) is 0 Å². The maximum absolute atomic E-state index is 12.2. The van der Waals surface area contributed by atoms with Crippen LogP contribution in [0.1, 0.15) is 15.9 Å². The van der Waals surface area contributed by atoms with Crippen molar-refractivity contribution in [3.05, 3.63) is 59.7 Å². The molecule has 134 valence electrons. The Morgan fingerprint density at radius 3 is 2.46 bits per heavy atom. The number of urea groups is 1. The second kappa shape index (κ2) is 7.88. The van der Waals surface area contributed by atoms with Crippen molar-refractivity contribution in [3.63, 3.8) is 0 Å². The number of nitrogens with zero attached hydrogens (tertiary/aromatic N) is 2. The van der Waals surface area contributed by atoms with E-state index in [0.717, 1.165) is 5.56 Å². The summed E-state index contributed by atoms with van der Waals surface area (Å²) in [6, 6.07) is 13.3. The topological polar surface area (TPSA) is 83.0 Å². The molecule has 7 nitrogen and oxygen atoms in total. The molecule has 0 aliphatic carbocycles. The number of amidine groups is 1. The molecule has 0 fully saturated rings. The zero-order valence-corrected chi connectivity index (χ0v) is 14.8. The lowest BCUT2D eigenvalue weighted by atomic mass is 10.2. The highest BCUT2D eigenvalue weighted by Crippen LogP contribution is 2.18. The zero-order chi connectivity index (χ0) is 18.5. The fraction of sp³-hybridized carbons (Fsp3) is 0.167. The van der Waals surface area contributed by atoms with E-state index < -0.39 is 12.0 Å². The van der Waals surface area contributed by atoms with Gasteiger partial charge in [0.15, 0.2) is 0 Å². The van der Waals surface area contributed by atoms with Gasteiger partial charge in [0, 0.05) is 28.7 Å². The standard InChI is InChI=1S/C18H17ClN4O3/c1-26-17(24)13-5-3-7-15(11-13)22-18(25)21-14-6-2-4-12(10-14)16-20-8-9-23(16)19/h2-7,10-11H,8-9H2,1H3,(H2,21,22,25). The highest BCUT2D eigenvalue weighted by atomic mass is 35.5. The maximum Gasteiger partial charge on any atom is 0.337 e. The number of ether oxygens (including phenoxy) is 1. The Morgan fingerprint density at radius 1 is 1.12 bits per heavy atom. The Kier molecular flexibility index (Phi) is 5.38. The quantitative estimate of drug-likeness (QED) is 0.637. The molecule has 1 aliphatic rings. The van der Waals surface area contributed by atoms with Crippen LogP contribution in [-0.4, -0.2) is 42.5 Å². The maximum atomic E-state index is 12.2. The van der Waals surface area contributed by atoms with Crippen molar-refractivity contribution < 1.29 is 14.3 Å². The third kappa shape index (κ3) is 4.12. The fourth-order valence-corrected chi connectivity index (χ4v) is 2.76. The molecular formula is C18H17ClN4O3. The lowest BCUT2D eigenvalue weighted by Gasteiger charge is -2.12. The van der Waals surface area contributed by atoms with Crippen LogP contribution in [0.5, 0.6) is 0 Å².